The van der Waals surface area contributed by atoms with Crippen LogP contribution < -0.4 is 10.5 Å². The zero-order valence-corrected chi connectivity index (χ0v) is 14.0. The number of oxime groups is 1. The van der Waals surface area contributed by atoms with Crippen molar-refractivity contribution in [2.24, 2.45) is 10.9 Å². The van der Waals surface area contributed by atoms with Crippen molar-refractivity contribution in [1.29, 1.82) is 0 Å². The summed E-state index contributed by atoms with van der Waals surface area (Å²) in [5.74, 6) is 0.0314. The molecule has 4 N–H and O–H groups in total. The maximum atomic E-state index is 12.1. The van der Waals surface area contributed by atoms with Gasteiger partial charge in [-0.2, -0.15) is 0 Å². The highest BCUT2D eigenvalue weighted by Crippen LogP contribution is 2.32. The molecule has 0 aliphatic rings. The van der Waals surface area contributed by atoms with Crippen molar-refractivity contribution in [3.8, 4) is 0 Å². The fraction of sp³-hybridized carbons (Fsp3) is 0.300. The van der Waals surface area contributed by atoms with Crippen LogP contribution in [0.4, 0.5) is 0 Å². The normalized spacial score (nSPS) is 12.7. The fourth-order valence-corrected chi connectivity index (χ4v) is 4.39. The van der Waals surface area contributed by atoms with Gasteiger partial charge in [-0.1, -0.05) is 44.3 Å². The lowest BCUT2D eigenvalue weighted by Gasteiger charge is -2.10. The molecule has 0 aliphatic carbocycles. The second-order valence-corrected chi connectivity index (χ2v) is 7.23. The molecule has 112 valence electrons. The maximum absolute atomic E-state index is 12.1. The highest BCUT2D eigenvalue weighted by atomic mass is 79.9. The summed E-state index contributed by atoms with van der Waals surface area (Å²) in [7, 11) is -3.82. The van der Waals surface area contributed by atoms with Crippen LogP contribution in [-0.4, -0.2) is 26.0 Å². The van der Waals surface area contributed by atoms with Gasteiger partial charge in [0.25, 0.3) is 0 Å². The van der Waals surface area contributed by atoms with E-state index in [2.05, 4.69) is 25.8 Å². The summed E-state index contributed by atoms with van der Waals surface area (Å²) >= 11 is 15.0. The quantitative estimate of drug-likeness (QED) is 0.223. The number of rotatable bonds is 6. The summed E-state index contributed by atoms with van der Waals surface area (Å²) in [6, 6.07) is 2.89. The minimum absolute atomic E-state index is 0.0216. The van der Waals surface area contributed by atoms with Crippen molar-refractivity contribution in [3.63, 3.8) is 0 Å². The molecule has 0 unspecified atom stereocenters. The molecule has 0 saturated carbocycles. The molecule has 20 heavy (non-hydrogen) atoms. The lowest BCUT2D eigenvalue weighted by atomic mass is 10.3. The number of benzene rings is 1. The van der Waals surface area contributed by atoms with Gasteiger partial charge in [-0.15, -0.1) is 0 Å². The summed E-state index contributed by atoms with van der Waals surface area (Å²) in [5.41, 5.74) is 5.27. The smallest absolute Gasteiger partial charge is 0.243 e. The van der Waals surface area contributed by atoms with Crippen LogP contribution in [0, 0.1) is 0 Å². The molecule has 10 heteroatoms. The predicted molar refractivity (Wildman–Crippen MR) is 82.0 cm³/mol. The number of nitrogens with two attached hydrogens (primary N) is 1. The Labute approximate surface area is 135 Å². The summed E-state index contributed by atoms with van der Waals surface area (Å²) in [5, 5.41) is 11.2. The molecule has 0 atom stereocenters. The molecule has 1 rings (SSSR count). The van der Waals surface area contributed by atoms with Crippen LogP contribution in [0.5, 0.6) is 0 Å². The van der Waals surface area contributed by atoms with E-state index in [-0.39, 0.29) is 33.7 Å². The van der Waals surface area contributed by atoms with Crippen molar-refractivity contribution in [2.45, 2.75) is 17.7 Å². The Morgan fingerprint density at radius 3 is 2.45 bits per heavy atom. The number of hydrogen-bond donors (Lipinski definition) is 3. The molecule has 0 spiro atoms. The molecule has 6 nitrogen and oxygen atoms in total. The number of nitrogens with one attached hydrogen (secondary N) is 1. The van der Waals surface area contributed by atoms with Crippen LogP contribution in [0.2, 0.25) is 10.0 Å². The highest BCUT2D eigenvalue weighted by molar-refractivity contribution is 9.10. The largest absolute Gasteiger partial charge is 0.409 e. The molecule has 1 aromatic carbocycles. The van der Waals surface area contributed by atoms with Crippen LogP contribution in [0.3, 0.4) is 0 Å². The molecule has 0 radical (unpaired) electrons. The Hall–Kier alpha value is -0.540. The van der Waals surface area contributed by atoms with Crippen molar-refractivity contribution < 1.29 is 13.6 Å². The molecule has 0 saturated heterocycles. The topological polar surface area (TPSA) is 105 Å². The minimum Gasteiger partial charge on any atom is -0.409 e. The van der Waals surface area contributed by atoms with Crippen molar-refractivity contribution >= 4 is 55.0 Å². The third kappa shape index (κ3) is 4.78. The van der Waals surface area contributed by atoms with Crippen LogP contribution in [-0.2, 0) is 10.0 Å². The molecule has 1 aromatic rings. The standard InChI is InChI=1S/C10H12BrCl2N3O3S/c11-6-4-7(12)10(8(13)5-6)20(18,19)15-3-1-2-9(14)16-17/h4-5,15,17H,1-3H2,(H2,14,16). The molecule has 0 aliphatic heterocycles. The molecular weight excluding hydrogens is 393 g/mol. The SMILES string of the molecule is NC(CCCNS(=O)(=O)c1c(Cl)cc(Br)cc1Cl)=NO. The van der Waals surface area contributed by atoms with E-state index in [9.17, 15) is 8.42 Å². The Morgan fingerprint density at radius 2 is 1.95 bits per heavy atom. The van der Waals surface area contributed by atoms with Crippen LogP contribution >= 0.6 is 39.1 Å². The van der Waals surface area contributed by atoms with E-state index in [0.29, 0.717) is 10.9 Å². The molecule has 0 fully saturated rings. The average Bonchev–Trinajstić information content (AvgIpc) is 2.32. The van der Waals surface area contributed by atoms with E-state index in [1.165, 1.54) is 12.1 Å². The van der Waals surface area contributed by atoms with Gasteiger partial charge in [0.05, 0.1) is 10.0 Å². The number of hydrogen-bond acceptors (Lipinski definition) is 4. The van der Waals surface area contributed by atoms with E-state index in [0.717, 1.165) is 0 Å². The lowest BCUT2D eigenvalue weighted by molar-refractivity contribution is 0.316. The van der Waals surface area contributed by atoms with Gasteiger partial charge < -0.3 is 10.9 Å². The Balaban J connectivity index is 2.80. The second-order valence-electron chi connectivity index (χ2n) is 3.79. The maximum Gasteiger partial charge on any atom is 0.243 e. The molecular formula is C10H12BrCl2N3O3S. The predicted octanol–water partition coefficient (Wildman–Crippen LogP) is 2.56. The Kier molecular flexibility index (Phi) is 6.53. The number of halogens is 3. The Bertz CT molecular complexity index is 599. The average molecular weight is 405 g/mol. The van der Waals surface area contributed by atoms with Gasteiger partial charge in [0.15, 0.2) is 0 Å². The van der Waals surface area contributed by atoms with Gasteiger partial charge in [0, 0.05) is 17.4 Å². The molecule has 0 bridgehead atoms. The van der Waals surface area contributed by atoms with E-state index in [1.807, 2.05) is 0 Å². The highest BCUT2D eigenvalue weighted by Gasteiger charge is 2.21. The number of nitrogens with zero attached hydrogens (tertiary/aromatic N) is 1. The zero-order chi connectivity index (χ0) is 15.3. The van der Waals surface area contributed by atoms with E-state index >= 15 is 0 Å². The third-order valence-electron chi connectivity index (χ3n) is 2.26. The first-order chi connectivity index (χ1) is 9.27. The van der Waals surface area contributed by atoms with Crippen molar-refractivity contribution in [1.82, 2.24) is 4.72 Å². The molecule has 0 heterocycles. The van der Waals surface area contributed by atoms with Gasteiger partial charge in [-0.05, 0) is 18.6 Å². The van der Waals surface area contributed by atoms with Crippen LogP contribution in [0.1, 0.15) is 12.8 Å². The summed E-state index contributed by atoms with van der Waals surface area (Å²) in [4.78, 5) is -0.173. The van der Waals surface area contributed by atoms with Crippen LogP contribution in [0.15, 0.2) is 26.7 Å². The van der Waals surface area contributed by atoms with E-state index < -0.39 is 10.0 Å². The van der Waals surface area contributed by atoms with Crippen molar-refractivity contribution in [3.05, 3.63) is 26.7 Å². The lowest BCUT2D eigenvalue weighted by Crippen LogP contribution is -2.26. The van der Waals surface area contributed by atoms with Crippen molar-refractivity contribution in [2.75, 3.05) is 6.54 Å². The summed E-state index contributed by atoms with van der Waals surface area (Å²) in [6.07, 6.45) is 0.641. The molecule has 0 aromatic heterocycles. The minimum atomic E-state index is -3.82. The van der Waals surface area contributed by atoms with Gasteiger partial charge >= 0.3 is 0 Å². The van der Waals surface area contributed by atoms with Gasteiger partial charge in [-0.3, -0.25) is 0 Å². The number of amidine groups is 1. The van der Waals surface area contributed by atoms with Gasteiger partial charge in [0.1, 0.15) is 10.7 Å². The first-order valence-electron chi connectivity index (χ1n) is 5.38. The van der Waals surface area contributed by atoms with E-state index in [4.69, 9.17) is 34.1 Å². The van der Waals surface area contributed by atoms with Gasteiger partial charge in [-0.25, -0.2) is 13.1 Å². The third-order valence-corrected chi connectivity index (χ3v) is 5.10. The second kappa shape index (κ2) is 7.46. The first kappa shape index (κ1) is 17.5. The Morgan fingerprint density at radius 1 is 1.40 bits per heavy atom. The first-order valence-corrected chi connectivity index (χ1v) is 8.41. The summed E-state index contributed by atoms with van der Waals surface area (Å²) in [6.45, 7) is 0.112. The van der Waals surface area contributed by atoms with Crippen LogP contribution in [0.25, 0.3) is 0 Å². The van der Waals surface area contributed by atoms with Gasteiger partial charge in [0.2, 0.25) is 10.0 Å². The zero-order valence-electron chi connectivity index (χ0n) is 10.1. The van der Waals surface area contributed by atoms with E-state index in [1.54, 1.807) is 0 Å². The fourth-order valence-electron chi connectivity index (χ4n) is 1.38. The number of sulfonamides is 1. The monoisotopic (exact) mass is 403 g/mol. The molecule has 0 amide bonds. The summed E-state index contributed by atoms with van der Waals surface area (Å²) < 4.78 is 27.1.